The van der Waals surface area contributed by atoms with E-state index in [1.54, 1.807) is 0 Å². The van der Waals surface area contributed by atoms with Gasteiger partial charge in [0.05, 0.1) is 15.9 Å². The van der Waals surface area contributed by atoms with Crippen molar-refractivity contribution in [2.45, 2.75) is 20.3 Å². The van der Waals surface area contributed by atoms with Crippen molar-refractivity contribution in [2.24, 2.45) is 11.1 Å². The van der Waals surface area contributed by atoms with Gasteiger partial charge in [-0.3, -0.25) is 20.2 Å². The van der Waals surface area contributed by atoms with Crippen LogP contribution in [0.3, 0.4) is 0 Å². The van der Waals surface area contributed by atoms with Crippen LogP contribution in [0.1, 0.15) is 19.4 Å². The van der Waals surface area contributed by atoms with Crippen molar-refractivity contribution >= 4 is 11.4 Å². The van der Waals surface area contributed by atoms with Crippen LogP contribution in [0.2, 0.25) is 0 Å². The number of nitro benzene ring substituents is 2. The molecule has 0 saturated carbocycles. The third-order valence-electron chi connectivity index (χ3n) is 2.70. The number of nitrogens with two attached hydrogens (primary N) is 1. The van der Waals surface area contributed by atoms with Gasteiger partial charge in [0.1, 0.15) is 0 Å². The third-order valence-corrected chi connectivity index (χ3v) is 2.70. The quantitative estimate of drug-likeness (QED) is 0.637. The Kier molecular flexibility index (Phi) is 3.97. The van der Waals surface area contributed by atoms with Gasteiger partial charge in [0.15, 0.2) is 0 Å². The molecule has 0 radical (unpaired) electrons. The van der Waals surface area contributed by atoms with Gasteiger partial charge in [-0.15, -0.1) is 0 Å². The average Bonchev–Trinajstić information content (AvgIpc) is 2.28. The average molecular weight is 253 g/mol. The van der Waals surface area contributed by atoms with Gasteiger partial charge in [0.25, 0.3) is 11.4 Å². The molecule has 0 aliphatic carbocycles. The monoisotopic (exact) mass is 253 g/mol. The third kappa shape index (κ3) is 3.24. The summed E-state index contributed by atoms with van der Waals surface area (Å²) >= 11 is 0. The molecule has 0 fully saturated rings. The van der Waals surface area contributed by atoms with E-state index in [9.17, 15) is 20.2 Å². The first-order valence-electron chi connectivity index (χ1n) is 5.38. The van der Waals surface area contributed by atoms with Crippen LogP contribution in [0.4, 0.5) is 11.4 Å². The lowest BCUT2D eigenvalue weighted by Crippen LogP contribution is -2.26. The Morgan fingerprint density at radius 2 is 1.83 bits per heavy atom. The van der Waals surface area contributed by atoms with Crippen molar-refractivity contribution in [3.8, 4) is 0 Å². The Morgan fingerprint density at radius 1 is 1.22 bits per heavy atom. The Labute approximate surface area is 104 Å². The Hall–Kier alpha value is -2.02. The van der Waals surface area contributed by atoms with E-state index in [1.807, 2.05) is 13.8 Å². The number of hydrogen-bond acceptors (Lipinski definition) is 5. The molecule has 0 aromatic heterocycles. The number of non-ortho nitro benzene ring substituents is 1. The van der Waals surface area contributed by atoms with Gasteiger partial charge in [-0.2, -0.15) is 0 Å². The molecule has 1 aromatic carbocycles. The smallest absolute Gasteiger partial charge is 0.279 e. The maximum absolute atomic E-state index is 10.9. The Balaban J connectivity index is 3.20. The van der Waals surface area contributed by atoms with Crippen molar-refractivity contribution in [3.63, 3.8) is 0 Å². The second-order valence-corrected chi connectivity index (χ2v) is 4.87. The van der Waals surface area contributed by atoms with Crippen LogP contribution < -0.4 is 5.73 Å². The van der Waals surface area contributed by atoms with Gasteiger partial charge >= 0.3 is 0 Å². The number of nitro groups is 2. The number of hydrogen-bond donors (Lipinski definition) is 1. The largest absolute Gasteiger partial charge is 0.330 e. The van der Waals surface area contributed by atoms with Gasteiger partial charge in [-0.05, 0) is 24.4 Å². The fraction of sp³-hybridized carbons (Fsp3) is 0.455. The molecule has 0 bridgehead atoms. The molecule has 0 saturated heterocycles. The fourth-order valence-corrected chi connectivity index (χ4v) is 1.57. The zero-order valence-corrected chi connectivity index (χ0v) is 10.3. The van der Waals surface area contributed by atoms with E-state index in [1.165, 1.54) is 12.1 Å². The zero-order valence-electron chi connectivity index (χ0n) is 10.3. The highest BCUT2D eigenvalue weighted by Gasteiger charge is 2.24. The highest BCUT2D eigenvalue weighted by molar-refractivity contribution is 5.49. The summed E-state index contributed by atoms with van der Waals surface area (Å²) in [6.45, 7) is 4.15. The first-order chi connectivity index (χ1) is 8.26. The first kappa shape index (κ1) is 14.0. The van der Waals surface area contributed by atoms with Crippen LogP contribution in [0.15, 0.2) is 18.2 Å². The second kappa shape index (κ2) is 5.09. The van der Waals surface area contributed by atoms with E-state index < -0.39 is 9.85 Å². The molecule has 1 aromatic rings. The second-order valence-electron chi connectivity index (χ2n) is 4.87. The minimum Gasteiger partial charge on any atom is -0.330 e. The molecule has 0 spiro atoms. The van der Waals surface area contributed by atoms with E-state index in [2.05, 4.69) is 0 Å². The summed E-state index contributed by atoms with van der Waals surface area (Å²) in [5, 5.41) is 21.5. The Morgan fingerprint density at radius 3 is 2.28 bits per heavy atom. The van der Waals surface area contributed by atoms with Crippen molar-refractivity contribution in [3.05, 3.63) is 44.0 Å². The van der Waals surface area contributed by atoms with Crippen LogP contribution in [0.5, 0.6) is 0 Å². The van der Waals surface area contributed by atoms with Crippen molar-refractivity contribution in [1.29, 1.82) is 0 Å². The zero-order chi connectivity index (χ0) is 13.9. The molecular weight excluding hydrogens is 238 g/mol. The summed E-state index contributed by atoms with van der Waals surface area (Å²) in [6.07, 6.45) is 0.401. The topological polar surface area (TPSA) is 112 Å². The molecule has 98 valence electrons. The van der Waals surface area contributed by atoms with Crippen LogP contribution in [-0.4, -0.2) is 16.4 Å². The molecule has 0 heterocycles. The van der Waals surface area contributed by atoms with Crippen LogP contribution >= 0.6 is 0 Å². The number of nitrogens with zero attached hydrogens (tertiary/aromatic N) is 2. The summed E-state index contributed by atoms with van der Waals surface area (Å²) in [5.41, 5.74) is 5.24. The van der Waals surface area contributed by atoms with E-state index in [0.29, 0.717) is 18.5 Å². The minimum atomic E-state index is -0.648. The van der Waals surface area contributed by atoms with Gasteiger partial charge in [-0.1, -0.05) is 13.8 Å². The van der Waals surface area contributed by atoms with Crippen LogP contribution in [-0.2, 0) is 6.42 Å². The Bertz CT molecular complexity index is 485. The first-order valence-corrected chi connectivity index (χ1v) is 5.38. The molecule has 0 atom stereocenters. The van der Waals surface area contributed by atoms with E-state index in [4.69, 9.17) is 5.73 Å². The molecule has 7 nitrogen and oxygen atoms in total. The molecule has 18 heavy (non-hydrogen) atoms. The lowest BCUT2D eigenvalue weighted by Gasteiger charge is -2.21. The van der Waals surface area contributed by atoms with E-state index >= 15 is 0 Å². The molecule has 2 N–H and O–H groups in total. The molecule has 0 unspecified atom stereocenters. The summed E-state index contributed by atoms with van der Waals surface area (Å²) < 4.78 is 0. The standard InChI is InChI=1S/C11H15N3O4/c1-11(2,7-12)6-8-3-4-9(13(15)16)5-10(8)14(17)18/h3-5H,6-7,12H2,1-2H3. The van der Waals surface area contributed by atoms with E-state index in [0.717, 1.165) is 6.07 Å². The lowest BCUT2D eigenvalue weighted by atomic mass is 9.85. The number of benzene rings is 1. The predicted octanol–water partition coefficient (Wildman–Crippen LogP) is 2.03. The highest BCUT2D eigenvalue weighted by atomic mass is 16.6. The predicted molar refractivity (Wildman–Crippen MR) is 66.3 cm³/mol. The van der Waals surface area contributed by atoms with Crippen LogP contribution in [0.25, 0.3) is 0 Å². The highest BCUT2D eigenvalue weighted by Crippen LogP contribution is 2.30. The summed E-state index contributed by atoms with van der Waals surface area (Å²) in [7, 11) is 0. The molecule has 0 amide bonds. The van der Waals surface area contributed by atoms with Crippen LogP contribution in [0, 0.1) is 25.6 Å². The molecule has 0 aliphatic rings. The SMILES string of the molecule is CC(C)(CN)Cc1ccc([N+](=O)[O-])cc1[N+](=O)[O-]. The summed E-state index contributed by atoms with van der Waals surface area (Å²) in [4.78, 5) is 20.3. The molecule has 0 aliphatic heterocycles. The van der Waals surface area contributed by atoms with Crippen molar-refractivity contribution in [2.75, 3.05) is 6.54 Å². The van der Waals surface area contributed by atoms with Crippen molar-refractivity contribution < 1.29 is 9.85 Å². The van der Waals surface area contributed by atoms with Crippen molar-refractivity contribution in [1.82, 2.24) is 0 Å². The van der Waals surface area contributed by atoms with E-state index in [-0.39, 0.29) is 16.8 Å². The lowest BCUT2D eigenvalue weighted by molar-refractivity contribution is -0.394. The fourth-order valence-electron chi connectivity index (χ4n) is 1.57. The van der Waals surface area contributed by atoms with Gasteiger partial charge in [-0.25, -0.2) is 0 Å². The molecule has 1 rings (SSSR count). The minimum absolute atomic E-state index is 0.231. The van der Waals surface area contributed by atoms with Gasteiger partial charge in [0, 0.05) is 11.6 Å². The summed E-state index contributed by atoms with van der Waals surface area (Å²) in [6, 6.07) is 3.69. The normalized spacial score (nSPS) is 11.3. The number of rotatable bonds is 5. The maximum atomic E-state index is 10.9. The molecule has 7 heteroatoms. The van der Waals surface area contributed by atoms with Gasteiger partial charge in [0.2, 0.25) is 0 Å². The maximum Gasteiger partial charge on any atom is 0.279 e. The summed E-state index contributed by atoms with van der Waals surface area (Å²) in [5.74, 6) is 0. The van der Waals surface area contributed by atoms with Gasteiger partial charge < -0.3 is 5.73 Å². The molecular formula is C11H15N3O4.